The van der Waals surface area contributed by atoms with E-state index in [4.69, 9.17) is 4.99 Å². The van der Waals surface area contributed by atoms with Gasteiger partial charge in [-0.3, -0.25) is 0 Å². The number of allylic oxidation sites excluding steroid dienone is 1. The number of amidine groups is 1. The van der Waals surface area contributed by atoms with E-state index in [1.807, 2.05) is 0 Å². The quantitative estimate of drug-likeness (QED) is 0.864. The van der Waals surface area contributed by atoms with Crippen LogP contribution in [0.1, 0.15) is 18.9 Å². The molecule has 3 rings (SSSR count). The molecule has 0 aliphatic carbocycles. The second-order valence-electron chi connectivity index (χ2n) is 5.87. The van der Waals surface area contributed by atoms with Gasteiger partial charge in [0.1, 0.15) is 5.84 Å². The number of hydrogen-bond acceptors (Lipinski definition) is 4. The van der Waals surface area contributed by atoms with Gasteiger partial charge in [-0.2, -0.15) is 0 Å². The Morgan fingerprint density at radius 3 is 2.68 bits per heavy atom. The summed E-state index contributed by atoms with van der Waals surface area (Å²) in [4.78, 5) is 9.71. The molecule has 4 heteroatoms. The molecular weight excluding hydrogens is 272 g/mol. The second kappa shape index (κ2) is 6.36. The number of para-hydroxylation sites is 1. The fourth-order valence-corrected chi connectivity index (χ4v) is 2.88. The number of piperazine rings is 1. The van der Waals surface area contributed by atoms with Crippen molar-refractivity contribution in [3.05, 3.63) is 53.9 Å². The number of nitrogens with zero attached hydrogens (tertiary/aromatic N) is 3. The van der Waals surface area contributed by atoms with Gasteiger partial charge in [-0.1, -0.05) is 31.7 Å². The minimum atomic E-state index is 0.874. The van der Waals surface area contributed by atoms with Crippen molar-refractivity contribution in [1.29, 1.82) is 0 Å². The van der Waals surface area contributed by atoms with Crippen LogP contribution in [0, 0.1) is 0 Å². The number of nitrogens with one attached hydrogen (secondary N) is 1. The molecule has 0 spiro atoms. The first-order chi connectivity index (χ1) is 10.7. The highest BCUT2D eigenvalue weighted by molar-refractivity contribution is 6.05. The van der Waals surface area contributed by atoms with Gasteiger partial charge in [0, 0.05) is 37.4 Å². The van der Waals surface area contributed by atoms with Gasteiger partial charge in [-0.05, 0) is 25.6 Å². The van der Waals surface area contributed by atoms with Gasteiger partial charge in [-0.25, -0.2) is 4.99 Å². The zero-order valence-electron chi connectivity index (χ0n) is 13.5. The number of likely N-dealkylation sites (N-methyl/N-ethyl adjacent to an activating group) is 1. The van der Waals surface area contributed by atoms with Crippen molar-refractivity contribution in [2.24, 2.45) is 4.99 Å². The Bertz CT molecular complexity index is 622. The van der Waals surface area contributed by atoms with Crippen molar-refractivity contribution < 1.29 is 0 Å². The minimum Gasteiger partial charge on any atom is -0.354 e. The van der Waals surface area contributed by atoms with Gasteiger partial charge in [0.2, 0.25) is 0 Å². The zero-order chi connectivity index (χ0) is 15.5. The van der Waals surface area contributed by atoms with Crippen molar-refractivity contribution in [3.8, 4) is 0 Å². The van der Waals surface area contributed by atoms with E-state index < -0.39 is 0 Å². The summed E-state index contributed by atoms with van der Waals surface area (Å²) >= 11 is 0. The third kappa shape index (κ3) is 2.92. The second-order valence-corrected chi connectivity index (χ2v) is 5.87. The first-order valence-corrected chi connectivity index (χ1v) is 7.97. The monoisotopic (exact) mass is 296 g/mol. The van der Waals surface area contributed by atoms with E-state index in [1.165, 1.54) is 0 Å². The van der Waals surface area contributed by atoms with Crippen LogP contribution in [0.15, 0.2) is 53.3 Å². The molecule has 0 atom stereocenters. The lowest BCUT2D eigenvalue weighted by Crippen LogP contribution is -2.47. The molecular formula is C18H24N4. The molecule has 4 nitrogen and oxygen atoms in total. The summed E-state index contributed by atoms with van der Waals surface area (Å²) in [5.41, 5.74) is 4.07. The zero-order valence-corrected chi connectivity index (χ0v) is 13.5. The van der Waals surface area contributed by atoms with Crippen molar-refractivity contribution in [2.45, 2.75) is 13.3 Å². The molecule has 0 radical (unpaired) electrons. The molecule has 2 aliphatic heterocycles. The van der Waals surface area contributed by atoms with Crippen molar-refractivity contribution in [2.75, 3.05) is 38.5 Å². The van der Waals surface area contributed by atoms with E-state index in [2.05, 4.69) is 66.0 Å². The SMILES string of the molecule is C=C1Nc2ccccc2C(N2CCN(C)CC2)=N/C1=C/CC. The Kier molecular flexibility index (Phi) is 4.29. The molecule has 2 heterocycles. The van der Waals surface area contributed by atoms with E-state index in [-0.39, 0.29) is 0 Å². The van der Waals surface area contributed by atoms with Crippen molar-refractivity contribution in [1.82, 2.24) is 9.80 Å². The average Bonchev–Trinajstić information content (AvgIpc) is 2.66. The van der Waals surface area contributed by atoms with Crippen LogP contribution in [0.4, 0.5) is 5.69 Å². The summed E-state index contributed by atoms with van der Waals surface area (Å²) in [5.74, 6) is 1.06. The van der Waals surface area contributed by atoms with Crippen LogP contribution in [0.2, 0.25) is 0 Å². The van der Waals surface area contributed by atoms with E-state index in [0.29, 0.717) is 0 Å². The number of rotatable bonds is 1. The lowest BCUT2D eigenvalue weighted by atomic mass is 10.1. The lowest BCUT2D eigenvalue weighted by molar-refractivity contribution is 0.216. The third-order valence-electron chi connectivity index (χ3n) is 4.19. The predicted octanol–water partition coefficient (Wildman–Crippen LogP) is 2.91. The molecule has 1 aromatic carbocycles. The Hall–Kier alpha value is -2.07. The number of benzodiazepines with no additional fused rings is 1. The topological polar surface area (TPSA) is 30.9 Å². The number of hydrogen-bond donors (Lipinski definition) is 1. The van der Waals surface area contributed by atoms with E-state index in [9.17, 15) is 0 Å². The number of fused-ring (bicyclic) bond motifs is 1. The maximum absolute atomic E-state index is 4.96. The summed E-state index contributed by atoms with van der Waals surface area (Å²) in [6, 6.07) is 8.36. The molecule has 0 bridgehead atoms. The van der Waals surface area contributed by atoms with Crippen LogP contribution in [0.25, 0.3) is 0 Å². The standard InChI is InChI=1S/C18H24N4/c1-4-7-16-14(2)19-17-9-6-5-8-15(17)18(20-16)22-12-10-21(3)11-13-22/h5-9,19H,2,4,10-13H2,1,3H3/b16-7+. The van der Waals surface area contributed by atoms with Crippen LogP contribution < -0.4 is 5.32 Å². The van der Waals surface area contributed by atoms with Gasteiger partial charge in [-0.15, -0.1) is 0 Å². The first-order valence-electron chi connectivity index (χ1n) is 7.97. The predicted molar refractivity (Wildman–Crippen MR) is 93.2 cm³/mol. The Balaban J connectivity index is 2.04. The minimum absolute atomic E-state index is 0.874. The Morgan fingerprint density at radius 1 is 1.23 bits per heavy atom. The number of aliphatic imine (C=N–C) groups is 1. The van der Waals surface area contributed by atoms with Crippen LogP contribution in [-0.4, -0.2) is 48.9 Å². The smallest absolute Gasteiger partial charge is 0.138 e. The Labute approximate surface area is 132 Å². The van der Waals surface area contributed by atoms with E-state index >= 15 is 0 Å². The summed E-state index contributed by atoms with van der Waals surface area (Å²) in [6.45, 7) is 10.4. The number of benzene rings is 1. The van der Waals surface area contributed by atoms with Crippen molar-refractivity contribution >= 4 is 11.5 Å². The molecule has 2 aliphatic rings. The molecule has 0 amide bonds. The Morgan fingerprint density at radius 2 is 1.95 bits per heavy atom. The van der Waals surface area contributed by atoms with E-state index in [0.717, 1.165) is 61.1 Å². The van der Waals surface area contributed by atoms with Crippen molar-refractivity contribution in [3.63, 3.8) is 0 Å². The van der Waals surface area contributed by atoms with Gasteiger partial charge in [0.05, 0.1) is 11.4 Å². The van der Waals surface area contributed by atoms with E-state index in [1.54, 1.807) is 0 Å². The van der Waals surface area contributed by atoms with Crippen LogP contribution >= 0.6 is 0 Å². The van der Waals surface area contributed by atoms with Crippen LogP contribution in [0.5, 0.6) is 0 Å². The molecule has 22 heavy (non-hydrogen) atoms. The molecule has 0 saturated carbocycles. The maximum Gasteiger partial charge on any atom is 0.138 e. The summed E-state index contributed by atoms with van der Waals surface area (Å²) in [5, 5.41) is 3.42. The summed E-state index contributed by atoms with van der Waals surface area (Å²) in [6.07, 6.45) is 3.09. The molecule has 0 unspecified atom stereocenters. The van der Waals surface area contributed by atoms with Gasteiger partial charge in [0.25, 0.3) is 0 Å². The highest BCUT2D eigenvalue weighted by atomic mass is 15.3. The lowest BCUT2D eigenvalue weighted by Gasteiger charge is -2.34. The third-order valence-corrected chi connectivity index (χ3v) is 4.19. The average molecular weight is 296 g/mol. The fraction of sp³-hybridized carbons (Fsp3) is 0.389. The van der Waals surface area contributed by atoms with Crippen LogP contribution in [0.3, 0.4) is 0 Å². The first kappa shape index (κ1) is 14.9. The maximum atomic E-state index is 4.96. The molecule has 1 fully saturated rings. The highest BCUT2D eigenvalue weighted by Crippen LogP contribution is 2.27. The van der Waals surface area contributed by atoms with Gasteiger partial charge in [0.15, 0.2) is 0 Å². The molecule has 1 aromatic rings. The molecule has 1 N–H and O–H groups in total. The highest BCUT2D eigenvalue weighted by Gasteiger charge is 2.23. The molecule has 0 aromatic heterocycles. The van der Waals surface area contributed by atoms with Gasteiger partial charge >= 0.3 is 0 Å². The fourth-order valence-electron chi connectivity index (χ4n) is 2.88. The number of anilines is 1. The summed E-state index contributed by atoms with van der Waals surface area (Å²) in [7, 11) is 2.17. The van der Waals surface area contributed by atoms with Gasteiger partial charge < -0.3 is 15.1 Å². The molecule has 1 saturated heterocycles. The largest absolute Gasteiger partial charge is 0.354 e. The van der Waals surface area contributed by atoms with Crippen LogP contribution in [-0.2, 0) is 0 Å². The normalized spacial score (nSPS) is 21.2. The summed E-state index contributed by atoms with van der Waals surface area (Å²) < 4.78 is 0. The molecule has 116 valence electrons.